The second-order valence-electron chi connectivity index (χ2n) is 6.97. The maximum Gasteiger partial charge on any atom is 0.331 e. The summed E-state index contributed by atoms with van der Waals surface area (Å²) in [5, 5.41) is 0. The number of carbonyl (C=O) groups is 1. The molecule has 0 aliphatic heterocycles. The Balaban J connectivity index is 4.05. The molecule has 0 aliphatic rings. The summed E-state index contributed by atoms with van der Waals surface area (Å²) in [4.78, 5) is 11.5. The van der Waals surface area contributed by atoms with Crippen molar-refractivity contribution < 1.29 is 14.3 Å². The predicted octanol–water partition coefficient (Wildman–Crippen LogP) is 5.06. The molecule has 0 aromatic carbocycles. The summed E-state index contributed by atoms with van der Waals surface area (Å²) < 4.78 is 10.5. The van der Waals surface area contributed by atoms with Crippen LogP contribution >= 0.6 is 0 Å². The van der Waals surface area contributed by atoms with Gasteiger partial charge in [0.1, 0.15) is 0 Å². The maximum atomic E-state index is 11.5. The van der Waals surface area contributed by atoms with Gasteiger partial charge >= 0.3 is 5.97 Å². The first kappa shape index (κ1) is 20.9. The van der Waals surface area contributed by atoms with Crippen molar-refractivity contribution in [1.82, 2.24) is 0 Å². The van der Waals surface area contributed by atoms with E-state index in [2.05, 4.69) is 26.8 Å². The number of hydrogen-bond acceptors (Lipinski definition) is 3. The SMILES string of the molecule is COC(C)(C)CCC[C@H](C)C/C=C/C(C)=CC(=O)OC(C)C. The van der Waals surface area contributed by atoms with Crippen LogP contribution in [0.1, 0.15) is 67.2 Å². The van der Waals surface area contributed by atoms with Crippen LogP contribution in [0.25, 0.3) is 0 Å². The summed E-state index contributed by atoms with van der Waals surface area (Å²) in [7, 11) is 1.77. The first-order valence-electron chi connectivity index (χ1n) is 8.27. The zero-order valence-electron chi connectivity index (χ0n) is 15.4. The first-order chi connectivity index (χ1) is 10.2. The van der Waals surface area contributed by atoms with Crippen molar-refractivity contribution in [2.45, 2.75) is 78.9 Å². The molecule has 1 atom stereocenters. The van der Waals surface area contributed by atoms with Gasteiger partial charge < -0.3 is 9.47 Å². The summed E-state index contributed by atoms with van der Waals surface area (Å²) in [6.45, 7) is 12.1. The Hall–Kier alpha value is -1.09. The van der Waals surface area contributed by atoms with Gasteiger partial charge in [0.2, 0.25) is 0 Å². The zero-order chi connectivity index (χ0) is 17.2. The molecule has 0 spiro atoms. The molecule has 0 fully saturated rings. The van der Waals surface area contributed by atoms with E-state index >= 15 is 0 Å². The molecule has 0 bridgehead atoms. The van der Waals surface area contributed by atoms with Crippen molar-refractivity contribution in [2.24, 2.45) is 5.92 Å². The molecule has 0 rings (SSSR count). The average molecular weight is 310 g/mol. The standard InChI is InChI=1S/C19H34O3/c1-15(2)22-18(20)14-17(4)11-8-10-16(3)12-9-13-19(5,6)21-7/h8,11,14-16H,9-10,12-13H2,1-7H3/b11-8+,17-14?/t16-/m1/s1. The Kier molecular flexibility index (Phi) is 10.1. The molecule has 0 saturated carbocycles. The van der Waals surface area contributed by atoms with Crippen LogP contribution in [0.4, 0.5) is 0 Å². The van der Waals surface area contributed by atoms with Gasteiger partial charge in [0.05, 0.1) is 11.7 Å². The van der Waals surface area contributed by atoms with Crippen molar-refractivity contribution in [2.75, 3.05) is 7.11 Å². The summed E-state index contributed by atoms with van der Waals surface area (Å²) in [6.07, 6.45) is 10.1. The van der Waals surface area contributed by atoms with Gasteiger partial charge in [-0.15, -0.1) is 0 Å². The summed E-state index contributed by atoms with van der Waals surface area (Å²) in [5.41, 5.74) is 0.907. The summed E-state index contributed by atoms with van der Waals surface area (Å²) in [6, 6.07) is 0. The fourth-order valence-corrected chi connectivity index (χ4v) is 2.08. The molecule has 0 aromatic rings. The van der Waals surface area contributed by atoms with E-state index in [1.54, 1.807) is 13.2 Å². The van der Waals surface area contributed by atoms with Gasteiger partial charge in [-0.05, 0) is 59.0 Å². The highest BCUT2D eigenvalue weighted by Gasteiger charge is 2.15. The average Bonchev–Trinajstić information content (AvgIpc) is 2.37. The van der Waals surface area contributed by atoms with Crippen LogP contribution in [-0.4, -0.2) is 24.8 Å². The maximum absolute atomic E-state index is 11.5. The van der Waals surface area contributed by atoms with E-state index in [1.165, 1.54) is 12.8 Å². The Morgan fingerprint density at radius 2 is 1.86 bits per heavy atom. The van der Waals surface area contributed by atoms with Gasteiger partial charge in [-0.2, -0.15) is 0 Å². The molecule has 0 aliphatic carbocycles. The van der Waals surface area contributed by atoms with Gasteiger partial charge in [-0.25, -0.2) is 4.79 Å². The molecule has 0 N–H and O–H groups in total. The molecule has 22 heavy (non-hydrogen) atoms. The van der Waals surface area contributed by atoms with Gasteiger partial charge in [0.25, 0.3) is 0 Å². The second-order valence-corrected chi connectivity index (χ2v) is 6.97. The predicted molar refractivity (Wildman–Crippen MR) is 92.8 cm³/mol. The van der Waals surface area contributed by atoms with Gasteiger partial charge in [0, 0.05) is 13.2 Å². The Morgan fingerprint density at radius 3 is 2.41 bits per heavy atom. The number of rotatable bonds is 10. The van der Waals surface area contributed by atoms with Crippen LogP contribution in [0.3, 0.4) is 0 Å². The molecule has 3 heteroatoms. The summed E-state index contributed by atoms with van der Waals surface area (Å²) in [5.74, 6) is 0.367. The van der Waals surface area contributed by atoms with Crippen LogP contribution in [0.15, 0.2) is 23.8 Å². The lowest BCUT2D eigenvalue weighted by atomic mass is 9.95. The van der Waals surface area contributed by atoms with Gasteiger partial charge in [0.15, 0.2) is 0 Å². The number of esters is 1. The van der Waals surface area contributed by atoms with E-state index in [-0.39, 0.29) is 17.7 Å². The topological polar surface area (TPSA) is 35.5 Å². The Bertz CT molecular complexity index is 378. The molecule has 3 nitrogen and oxygen atoms in total. The van der Waals surface area contributed by atoms with Gasteiger partial charge in [-0.3, -0.25) is 0 Å². The van der Waals surface area contributed by atoms with E-state index in [0.717, 1.165) is 18.4 Å². The molecule has 0 aromatic heterocycles. The van der Waals surface area contributed by atoms with Crippen molar-refractivity contribution in [3.05, 3.63) is 23.8 Å². The Labute approximate surface area is 136 Å². The highest BCUT2D eigenvalue weighted by molar-refractivity contribution is 5.83. The van der Waals surface area contributed by atoms with Crippen LogP contribution < -0.4 is 0 Å². The van der Waals surface area contributed by atoms with Crippen molar-refractivity contribution in [3.8, 4) is 0 Å². The van der Waals surface area contributed by atoms with E-state index in [0.29, 0.717) is 5.92 Å². The van der Waals surface area contributed by atoms with Crippen LogP contribution in [0.5, 0.6) is 0 Å². The quantitative estimate of drug-likeness (QED) is 0.321. The zero-order valence-corrected chi connectivity index (χ0v) is 15.4. The first-order valence-corrected chi connectivity index (χ1v) is 8.27. The molecule has 0 amide bonds. The lowest BCUT2D eigenvalue weighted by molar-refractivity contribution is -0.141. The molecule has 0 unspecified atom stereocenters. The second kappa shape index (κ2) is 10.6. The molecular weight excluding hydrogens is 276 g/mol. The number of methoxy groups -OCH3 is 1. The number of ether oxygens (including phenoxy) is 2. The summed E-state index contributed by atoms with van der Waals surface area (Å²) >= 11 is 0. The third kappa shape index (κ3) is 11.6. The minimum Gasteiger partial charge on any atom is -0.460 e. The fraction of sp³-hybridized carbons (Fsp3) is 0.737. The van der Waals surface area contributed by atoms with Crippen molar-refractivity contribution in [1.29, 1.82) is 0 Å². The highest BCUT2D eigenvalue weighted by Crippen LogP contribution is 2.20. The van der Waals surface area contributed by atoms with E-state index in [4.69, 9.17) is 9.47 Å². The monoisotopic (exact) mass is 310 g/mol. The van der Waals surface area contributed by atoms with E-state index in [9.17, 15) is 4.79 Å². The fourth-order valence-electron chi connectivity index (χ4n) is 2.08. The van der Waals surface area contributed by atoms with Crippen LogP contribution in [0.2, 0.25) is 0 Å². The molecule has 0 radical (unpaired) electrons. The van der Waals surface area contributed by atoms with Crippen molar-refractivity contribution >= 4 is 5.97 Å². The van der Waals surface area contributed by atoms with Gasteiger partial charge in [-0.1, -0.05) is 31.9 Å². The molecule has 0 saturated heterocycles. The Morgan fingerprint density at radius 1 is 1.23 bits per heavy atom. The number of carbonyl (C=O) groups excluding carboxylic acids is 1. The minimum absolute atomic E-state index is 0.0222. The molecule has 128 valence electrons. The lowest BCUT2D eigenvalue weighted by Crippen LogP contribution is -2.22. The smallest absolute Gasteiger partial charge is 0.331 e. The number of hydrogen-bond donors (Lipinski definition) is 0. The van der Waals surface area contributed by atoms with E-state index in [1.807, 2.05) is 26.8 Å². The third-order valence-corrected chi connectivity index (χ3v) is 3.64. The third-order valence-electron chi connectivity index (χ3n) is 3.64. The van der Waals surface area contributed by atoms with E-state index < -0.39 is 0 Å². The lowest BCUT2D eigenvalue weighted by Gasteiger charge is -2.23. The minimum atomic E-state index is -0.271. The number of allylic oxidation sites excluding steroid dienone is 3. The molecule has 0 heterocycles. The largest absolute Gasteiger partial charge is 0.460 e. The van der Waals surface area contributed by atoms with Crippen LogP contribution in [-0.2, 0) is 14.3 Å². The van der Waals surface area contributed by atoms with Crippen molar-refractivity contribution in [3.63, 3.8) is 0 Å². The molecular formula is C19H34O3. The highest BCUT2D eigenvalue weighted by atomic mass is 16.5. The normalized spacial score (nSPS) is 14.6. The van der Waals surface area contributed by atoms with Crippen LogP contribution in [0, 0.1) is 5.92 Å².